The zero-order valence-electron chi connectivity index (χ0n) is 12.1. The Morgan fingerprint density at radius 1 is 1.11 bits per heavy atom. The molecule has 0 amide bonds. The Labute approximate surface area is 110 Å². The third kappa shape index (κ3) is 5.92. The van der Waals surface area contributed by atoms with Crippen LogP contribution < -0.4 is 14.8 Å². The van der Waals surface area contributed by atoms with Crippen molar-refractivity contribution in [2.45, 2.75) is 33.2 Å². The summed E-state index contributed by atoms with van der Waals surface area (Å²) in [6.07, 6.45) is 0. The molecule has 0 spiro atoms. The molecule has 0 radical (unpaired) electrons. The minimum Gasteiger partial charge on any atom is -0.497 e. The average Bonchev–Trinajstić information content (AvgIpc) is 2.33. The number of benzene rings is 1. The van der Waals surface area contributed by atoms with Gasteiger partial charge in [-0.05, 0) is 45.0 Å². The largest absolute Gasteiger partial charge is 0.497 e. The van der Waals surface area contributed by atoms with Crippen molar-refractivity contribution in [2.75, 3.05) is 20.3 Å². The summed E-state index contributed by atoms with van der Waals surface area (Å²) in [4.78, 5) is 0. The van der Waals surface area contributed by atoms with E-state index in [1.165, 1.54) is 0 Å². The van der Waals surface area contributed by atoms with Crippen molar-refractivity contribution in [3.8, 4) is 11.5 Å². The van der Waals surface area contributed by atoms with E-state index in [1.807, 2.05) is 24.3 Å². The third-order valence-electron chi connectivity index (χ3n) is 2.57. The summed E-state index contributed by atoms with van der Waals surface area (Å²) in [5.74, 6) is 2.22. The second-order valence-corrected chi connectivity index (χ2v) is 5.72. The molecule has 1 N–H and O–H groups in total. The van der Waals surface area contributed by atoms with Crippen molar-refractivity contribution in [1.29, 1.82) is 0 Å². The van der Waals surface area contributed by atoms with Crippen LogP contribution in [0.3, 0.4) is 0 Å². The molecular weight excluding hydrogens is 226 g/mol. The van der Waals surface area contributed by atoms with Gasteiger partial charge >= 0.3 is 0 Å². The maximum Gasteiger partial charge on any atom is 0.119 e. The lowest BCUT2D eigenvalue weighted by Crippen LogP contribution is -2.39. The number of methoxy groups -OCH3 is 1. The second kappa shape index (κ2) is 6.64. The quantitative estimate of drug-likeness (QED) is 0.842. The molecule has 0 saturated carbocycles. The first-order valence-corrected chi connectivity index (χ1v) is 6.42. The van der Waals surface area contributed by atoms with E-state index in [2.05, 4.69) is 33.0 Å². The monoisotopic (exact) mass is 251 g/mol. The number of nitrogens with one attached hydrogen (secondary N) is 1. The van der Waals surface area contributed by atoms with Gasteiger partial charge in [0, 0.05) is 18.0 Å². The molecule has 102 valence electrons. The Balaban J connectivity index is 2.31. The minimum atomic E-state index is 0.161. The molecule has 0 aromatic heterocycles. The molecule has 1 atom stereocenters. The van der Waals surface area contributed by atoms with Crippen LogP contribution in [0.25, 0.3) is 0 Å². The van der Waals surface area contributed by atoms with E-state index in [4.69, 9.17) is 9.47 Å². The van der Waals surface area contributed by atoms with E-state index < -0.39 is 0 Å². The van der Waals surface area contributed by atoms with E-state index >= 15 is 0 Å². The molecule has 0 aliphatic heterocycles. The van der Waals surface area contributed by atoms with E-state index in [9.17, 15) is 0 Å². The van der Waals surface area contributed by atoms with Crippen LogP contribution in [0.15, 0.2) is 24.3 Å². The van der Waals surface area contributed by atoms with Crippen molar-refractivity contribution in [2.24, 2.45) is 5.92 Å². The van der Waals surface area contributed by atoms with Crippen molar-refractivity contribution in [1.82, 2.24) is 5.32 Å². The Hall–Kier alpha value is -1.22. The van der Waals surface area contributed by atoms with Crippen LogP contribution in [-0.2, 0) is 0 Å². The van der Waals surface area contributed by atoms with Crippen molar-refractivity contribution in [3.63, 3.8) is 0 Å². The minimum absolute atomic E-state index is 0.161. The SMILES string of the molecule is COc1ccc(OCC(C)CNC(C)(C)C)cc1. The van der Waals surface area contributed by atoms with E-state index in [1.54, 1.807) is 7.11 Å². The van der Waals surface area contributed by atoms with Gasteiger partial charge < -0.3 is 14.8 Å². The maximum absolute atomic E-state index is 5.74. The summed E-state index contributed by atoms with van der Waals surface area (Å²) in [6.45, 7) is 10.4. The first kappa shape index (κ1) is 14.8. The molecule has 0 aliphatic carbocycles. The molecule has 1 aromatic carbocycles. The fourth-order valence-corrected chi connectivity index (χ4v) is 1.45. The van der Waals surface area contributed by atoms with Crippen LogP contribution in [0.4, 0.5) is 0 Å². The highest BCUT2D eigenvalue weighted by atomic mass is 16.5. The standard InChI is InChI=1S/C15H25NO2/c1-12(10-16-15(2,3)4)11-18-14-8-6-13(17-5)7-9-14/h6-9,12,16H,10-11H2,1-5H3. The van der Waals surface area contributed by atoms with Crippen molar-refractivity contribution in [3.05, 3.63) is 24.3 Å². The summed E-state index contributed by atoms with van der Waals surface area (Å²) < 4.78 is 10.8. The summed E-state index contributed by atoms with van der Waals surface area (Å²) in [7, 11) is 1.66. The normalized spacial score (nSPS) is 13.2. The molecule has 0 fully saturated rings. The molecule has 1 unspecified atom stereocenters. The van der Waals surface area contributed by atoms with Crippen LogP contribution >= 0.6 is 0 Å². The predicted molar refractivity (Wildman–Crippen MR) is 75.4 cm³/mol. The van der Waals surface area contributed by atoms with E-state index in [0.29, 0.717) is 5.92 Å². The number of rotatable bonds is 6. The molecular formula is C15H25NO2. The fraction of sp³-hybridized carbons (Fsp3) is 0.600. The molecule has 3 nitrogen and oxygen atoms in total. The average molecular weight is 251 g/mol. The molecule has 1 aromatic rings. The Morgan fingerprint density at radius 2 is 1.67 bits per heavy atom. The first-order chi connectivity index (χ1) is 8.40. The molecule has 0 saturated heterocycles. The highest BCUT2D eigenvalue weighted by Crippen LogP contribution is 2.17. The molecule has 0 heterocycles. The lowest BCUT2D eigenvalue weighted by atomic mass is 10.1. The Morgan fingerprint density at radius 3 is 2.17 bits per heavy atom. The molecule has 0 bridgehead atoms. The Bertz CT molecular complexity index is 341. The summed E-state index contributed by atoms with van der Waals surface area (Å²) >= 11 is 0. The molecule has 0 aliphatic rings. The van der Waals surface area contributed by atoms with Crippen LogP contribution in [0.2, 0.25) is 0 Å². The third-order valence-corrected chi connectivity index (χ3v) is 2.57. The van der Waals surface area contributed by atoms with Gasteiger partial charge in [-0.25, -0.2) is 0 Å². The van der Waals surface area contributed by atoms with Gasteiger partial charge in [-0.15, -0.1) is 0 Å². The van der Waals surface area contributed by atoms with E-state index in [0.717, 1.165) is 24.7 Å². The Kier molecular flexibility index (Phi) is 5.48. The van der Waals surface area contributed by atoms with Crippen LogP contribution in [0, 0.1) is 5.92 Å². The smallest absolute Gasteiger partial charge is 0.119 e. The topological polar surface area (TPSA) is 30.5 Å². The molecule has 1 rings (SSSR count). The molecule has 18 heavy (non-hydrogen) atoms. The van der Waals surface area contributed by atoms with Gasteiger partial charge in [-0.2, -0.15) is 0 Å². The highest BCUT2D eigenvalue weighted by molar-refractivity contribution is 5.31. The van der Waals surface area contributed by atoms with Gasteiger partial charge in [0.2, 0.25) is 0 Å². The van der Waals surface area contributed by atoms with Crippen LogP contribution in [0.1, 0.15) is 27.7 Å². The molecule has 3 heteroatoms. The zero-order valence-corrected chi connectivity index (χ0v) is 12.1. The lowest BCUT2D eigenvalue weighted by molar-refractivity contribution is 0.244. The zero-order chi connectivity index (χ0) is 13.6. The first-order valence-electron chi connectivity index (χ1n) is 6.42. The predicted octanol–water partition coefficient (Wildman–Crippen LogP) is 3.10. The van der Waals surface area contributed by atoms with Gasteiger partial charge in [0.1, 0.15) is 11.5 Å². The number of ether oxygens (including phenoxy) is 2. The van der Waals surface area contributed by atoms with Crippen molar-refractivity contribution < 1.29 is 9.47 Å². The number of hydrogen-bond acceptors (Lipinski definition) is 3. The van der Waals surface area contributed by atoms with Crippen LogP contribution in [-0.4, -0.2) is 25.8 Å². The fourth-order valence-electron chi connectivity index (χ4n) is 1.45. The van der Waals surface area contributed by atoms with Gasteiger partial charge in [0.15, 0.2) is 0 Å². The van der Waals surface area contributed by atoms with Gasteiger partial charge in [0.05, 0.1) is 13.7 Å². The van der Waals surface area contributed by atoms with E-state index in [-0.39, 0.29) is 5.54 Å². The van der Waals surface area contributed by atoms with Crippen molar-refractivity contribution >= 4 is 0 Å². The van der Waals surface area contributed by atoms with Gasteiger partial charge in [0.25, 0.3) is 0 Å². The lowest BCUT2D eigenvalue weighted by Gasteiger charge is -2.23. The maximum atomic E-state index is 5.74. The van der Waals surface area contributed by atoms with Gasteiger partial charge in [-0.1, -0.05) is 6.92 Å². The second-order valence-electron chi connectivity index (χ2n) is 5.72. The van der Waals surface area contributed by atoms with Crippen LogP contribution in [0.5, 0.6) is 11.5 Å². The summed E-state index contributed by atoms with van der Waals surface area (Å²) in [5, 5.41) is 3.48. The summed E-state index contributed by atoms with van der Waals surface area (Å²) in [6, 6.07) is 7.69. The highest BCUT2D eigenvalue weighted by Gasteiger charge is 2.11. The van der Waals surface area contributed by atoms with Gasteiger partial charge in [-0.3, -0.25) is 0 Å². The summed E-state index contributed by atoms with van der Waals surface area (Å²) in [5.41, 5.74) is 0.161. The number of hydrogen-bond donors (Lipinski definition) is 1.